The number of amides is 1. The summed E-state index contributed by atoms with van der Waals surface area (Å²) < 4.78 is 28.7. The Morgan fingerprint density at radius 2 is 1.59 bits per heavy atom. The normalized spacial score (nSPS) is 19.4. The predicted molar refractivity (Wildman–Crippen MR) is 142 cm³/mol. The van der Waals surface area contributed by atoms with Crippen molar-refractivity contribution in [1.82, 2.24) is 5.32 Å². The quantitative estimate of drug-likeness (QED) is 0.371. The van der Waals surface area contributed by atoms with Crippen molar-refractivity contribution in [3.05, 3.63) is 118 Å². The molecule has 5 rings (SSSR count). The summed E-state index contributed by atoms with van der Waals surface area (Å²) in [5.74, 6) is -3.07. The summed E-state index contributed by atoms with van der Waals surface area (Å²) in [5, 5.41) is 5.72. The highest BCUT2D eigenvalue weighted by Gasteiger charge is 2.41. The van der Waals surface area contributed by atoms with Gasteiger partial charge in [0.15, 0.2) is 5.78 Å². The van der Waals surface area contributed by atoms with Gasteiger partial charge in [0.2, 0.25) is 0 Å². The molecule has 2 aliphatic rings. The van der Waals surface area contributed by atoms with Crippen molar-refractivity contribution in [2.24, 2.45) is 0 Å². The number of carbonyl (C=O) groups excluding carboxylic acids is 2. The van der Waals surface area contributed by atoms with Crippen LogP contribution in [0.2, 0.25) is 0 Å². The van der Waals surface area contributed by atoms with E-state index in [4.69, 9.17) is 0 Å². The molecular weight excluding hydrogens is 490 g/mol. The van der Waals surface area contributed by atoms with Gasteiger partial charge in [-0.1, -0.05) is 48.5 Å². The molecule has 0 saturated carbocycles. The van der Waals surface area contributed by atoms with Gasteiger partial charge in [0.25, 0.3) is 5.91 Å². The first-order chi connectivity index (χ1) is 17.9. The first-order valence-corrected chi connectivity index (χ1v) is 13.3. The number of halogens is 2. The lowest BCUT2D eigenvalue weighted by Gasteiger charge is -2.37. The minimum absolute atomic E-state index is 0.0233. The highest BCUT2D eigenvalue weighted by molar-refractivity contribution is 7.98. The molecule has 0 bridgehead atoms. The zero-order valence-corrected chi connectivity index (χ0v) is 21.3. The van der Waals surface area contributed by atoms with Crippen molar-refractivity contribution in [1.29, 1.82) is 0 Å². The first-order valence-electron chi connectivity index (χ1n) is 12.1. The number of carbonyl (C=O) groups is 2. The molecule has 2 unspecified atom stereocenters. The second kappa shape index (κ2) is 10.3. The van der Waals surface area contributed by atoms with Gasteiger partial charge >= 0.3 is 0 Å². The molecule has 1 aliphatic heterocycles. The Balaban J connectivity index is 1.58. The van der Waals surface area contributed by atoms with Crippen LogP contribution in [-0.2, 0) is 9.59 Å². The summed E-state index contributed by atoms with van der Waals surface area (Å²) in [6.07, 6.45) is 2.92. The Bertz CT molecular complexity index is 1410. The predicted octanol–water partition coefficient (Wildman–Crippen LogP) is 6.69. The molecule has 1 heterocycles. The third kappa shape index (κ3) is 4.83. The Morgan fingerprint density at radius 3 is 2.24 bits per heavy atom. The largest absolute Gasteiger partial charge is 0.362 e. The van der Waals surface area contributed by atoms with E-state index >= 15 is 0 Å². The monoisotopic (exact) mass is 516 g/mol. The van der Waals surface area contributed by atoms with E-state index in [0.29, 0.717) is 24.1 Å². The van der Waals surface area contributed by atoms with Gasteiger partial charge in [-0.3, -0.25) is 9.59 Å². The molecule has 0 saturated heterocycles. The van der Waals surface area contributed by atoms with Gasteiger partial charge in [-0.2, -0.15) is 0 Å². The highest BCUT2D eigenvalue weighted by atomic mass is 32.2. The molecule has 37 heavy (non-hydrogen) atoms. The molecule has 1 amide bonds. The average Bonchev–Trinajstić information content (AvgIpc) is 2.90. The Kier molecular flexibility index (Phi) is 6.98. The molecule has 0 spiro atoms. The number of thioether (sulfide) groups is 1. The molecule has 0 radical (unpaired) electrons. The molecule has 4 nitrogen and oxygen atoms in total. The molecule has 0 fully saturated rings. The van der Waals surface area contributed by atoms with Crippen LogP contribution in [0.5, 0.6) is 0 Å². The van der Waals surface area contributed by atoms with E-state index in [1.807, 2.05) is 60.9 Å². The van der Waals surface area contributed by atoms with Gasteiger partial charge in [-0.15, -0.1) is 11.8 Å². The summed E-state index contributed by atoms with van der Waals surface area (Å²) in [6.45, 7) is 1.76. The molecule has 0 aromatic heterocycles. The molecule has 3 aromatic carbocycles. The van der Waals surface area contributed by atoms with Crippen LogP contribution in [-0.4, -0.2) is 17.9 Å². The lowest BCUT2D eigenvalue weighted by Crippen LogP contribution is -2.37. The van der Waals surface area contributed by atoms with E-state index in [1.165, 1.54) is 6.07 Å². The molecule has 7 heteroatoms. The van der Waals surface area contributed by atoms with Crippen LogP contribution in [0.1, 0.15) is 42.7 Å². The van der Waals surface area contributed by atoms with E-state index in [9.17, 15) is 18.4 Å². The molecule has 188 valence electrons. The number of dihydropyridines is 1. The van der Waals surface area contributed by atoms with Crippen LogP contribution in [0, 0.1) is 11.6 Å². The van der Waals surface area contributed by atoms with Gasteiger partial charge < -0.3 is 10.6 Å². The van der Waals surface area contributed by atoms with Crippen LogP contribution in [0.25, 0.3) is 0 Å². The van der Waals surface area contributed by atoms with E-state index in [-0.39, 0.29) is 17.3 Å². The standard InChI is InChI=1S/C30H26F2N2O2S/c1-17-26(30(36)34-29-22(31)9-6-10-23(29)32)27(19-11-13-21(37-2)14-12-19)28-24(33-17)15-20(16-25(28)35)18-7-4-3-5-8-18/h3-14,20,27,33H,15-16H2,1-2H3,(H,34,36). The van der Waals surface area contributed by atoms with Crippen LogP contribution in [0.15, 0.2) is 100 Å². The van der Waals surface area contributed by atoms with Gasteiger partial charge in [0, 0.05) is 39.8 Å². The SMILES string of the molecule is CSc1ccc(C2C(C(=O)Nc3c(F)cccc3F)=C(C)NC3=C2C(=O)CC(c2ccccc2)C3)cc1. The fourth-order valence-corrected chi connectivity index (χ4v) is 5.64. The van der Waals surface area contributed by atoms with Crippen molar-refractivity contribution < 1.29 is 18.4 Å². The summed E-state index contributed by atoms with van der Waals surface area (Å²) in [7, 11) is 0. The van der Waals surface area contributed by atoms with Gasteiger partial charge in [-0.05, 0) is 60.9 Å². The summed E-state index contributed by atoms with van der Waals surface area (Å²) >= 11 is 1.59. The third-order valence-corrected chi connectivity index (χ3v) is 7.74. The molecule has 3 aromatic rings. The number of anilines is 1. The molecule has 1 aliphatic carbocycles. The van der Waals surface area contributed by atoms with Crippen LogP contribution < -0.4 is 10.6 Å². The number of para-hydroxylation sites is 1. The minimum Gasteiger partial charge on any atom is -0.362 e. The lowest BCUT2D eigenvalue weighted by molar-refractivity contribution is -0.116. The van der Waals surface area contributed by atoms with Crippen molar-refractivity contribution in [2.75, 3.05) is 11.6 Å². The molecular formula is C30H26F2N2O2S. The number of ketones is 1. The number of benzene rings is 3. The Labute approximate surface area is 218 Å². The van der Waals surface area contributed by atoms with E-state index in [0.717, 1.165) is 33.9 Å². The molecule has 2 atom stereocenters. The third-order valence-electron chi connectivity index (χ3n) is 6.99. The topological polar surface area (TPSA) is 58.2 Å². The number of hydrogen-bond donors (Lipinski definition) is 2. The Morgan fingerprint density at radius 1 is 0.919 bits per heavy atom. The van der Waals surface area contributed by atoms with Crippen molar-refractivity contribution in [2.45, 2.75) is 36.5 Å². The van der Waals surface area contributed by atoms with E-state index in [1.54, 1.807) is 18.7 Å². The lowest BCUT2D eigenvalue weighted by atomic mass is 9.71. The summed E-state index contributed by atoms with van der Waals surface area (Å²) in [4.78, 5) is 28.3. The smallest absolute Gasteiger partial charge is 0.254 e. The first kappa shape index (κ1) is 25.0. The van der Waals surface area contributed by atoms with Crippen LogP contribution in [0.4, 0.5) is 14.5 Å². The number of rotatable bonds is 5. The second-order valence-electron chi connectivity index (χ2n) is 9.25. The van der Waals surface area contributed by atoms with Gasteiger partial charge in [0.05, 0.1) is 0 Å². The zero-order chi connectivity index (χ0) is 26.1. The summed E-state index contributed by atoms with van der Waals surface area (Å²) in [6, 6.07) is 21.1. The van der Waals surface area contributed by atoms with E-state index in [2.05, 4.69) is 10.6 Å². The second-order valence-corrected chi connectivity index (χ2v) is 10.1. The summed E-state index contributed by atoms with van der Waals surface area (Å²) in [5.41, 5.74) is 3.49. The average molecular weight is 517 g/mol. The number of hydrogen-bond acceptors (Lipinski definition) is 4. The Hall–Kier alpha value is -3.71. The maximum absolute atomic E-state index is 14.4. The van der Waals surface area contributed by atoms with Gasteiger partial charge in [-0.25, -0.2) is 8.78 Å². The van der Waals surface area contributed by atoms with Crippen LogP contribution >= 0.6 is 11.8 Å². The maximum atomic E-state index is 14.4. The van der Waals surface area contributed by atoms with Crippen molar-refractivity contribution in [3.8, 4) is 0 Å². The van der Waals surface area contributed by atoms with E-state index < -0.39 is 29.1 Å². The number of Topliss-reactive ketones (excluding diaryl/α,β-unsaturated/α-hetero) is 1. The van der Waals surface area contributed by atoms with Crippen LogP contribution in [0.3, 0.4) is 0 Å². The maximum Gasteiger partial charge on any atom is 0.254 e. The number of nitrogens with one attached hydrogen (secondary N) is 2. The fourth-order valence-electron chi connectivity index (χ4n) is 5.23. The fraction of sp³-hybridized carbons (Fsp3) is 0.200. The number of allylic oxidation sites excluding steroid dienone is 3. The van der Waals surface area contributed by atoms with Crippen molar-refractivity contribution in [3.63, 3.8) is 0 Å². The minimum atomic E-state index is -0.865. The molecule has 2 N–H and O–H groups in total. The van der Waals surface area contributed by atoms with Gasteiger partial charge in [0.1, 0.15) is 17.3 Å². The highest BCUT2D eigenvalue weighted by Crippen LogP contribution is 2.46. The zero-order valence-electron chi connectivity index (χ0n) is 20.5. The van der Waals surface area contributed by atoms with Crippen molar-refractivity contribution >= 4 is 29.1 Å².